The number of hydrogen-bond acceptors (Lipinski definition) is 2. The van der Waals surface area contributed by atoms with Crippen LogP contribution >= 0.6 is 28.6 Å². The Morgan fingerprint density at radius 2 is 2.27 bits per heavy atom. The van der Waals surface area contributed by atoms with Crippen molar-refractivity contribution in [3.05, 3.63) is 34.3 Å². The summed E-state index contributed by atoms with van der Waals surface area (Å²) in [5, 5.41) is 0.146. The molecule has 1 aromatic rings. The van der Waals surface area contributed by atoms with E-state index < -0.39 is 0 Å². The number of thiol groups is 1. The maximum absolute atomic E-state index is 5.46. The van der Waals surface area contributed by atoms with Gasteiger partial charge in [-0.2, -0.15) is 12.6 Å². The molecule has 1 rings (SSSR count). The predicted octanol–water partition coefficient (Wildman–Crippen LogP) is 2.38. The van der Waals surface area contributed by atoms with Crippen molar-refractivity contribution in [3.63, 3.8) is 0 Å². The minimum absolute atomic E-state index is 0.146. The Labute approximate surface area is 80.5 Å². The second-order valence-electron chi connectivity index (χ2n) is 2.31. The van der Waals surface area contributed by atoms with Crippen LogP contribution < -0.4 is 5.73 Å². The molecule has 0 fully saturated rings. The molecule has 0 aliphatic carbocycles. The van der Waals surface area contributed by atoms with Gasteiger partial charge in [0, 0.05) is 16.3 Å². The average molecular weight is 232 g/mol. The maximum Gasteiger partial charge on any atom is 0.0389 e. The first-order valence-corrected chi connectivity index (χ1v) is 4.68. The number of halogens is 1. The fourth-order valence-corrected chi connectivity index (χ4v) is 1.43. The van der Waals surface area contributed by atoms with E-state index in [1.54, 1.807) is 0 Å². The van der Waals surface area contributed by atoms with E-state index in [9.17, 15) is 0 Å². The number of rotatable bonds is 2. The Bertz CT molecular complexity index is 239. The molecule has 11 heavy (non-hydrogen) atoms. The molecule has 60 valence electrons. The molecule has 1 nitrogen and oxygen atoms in total. The highest BCUT2D eigenvalue weighted by Crippen LogP contribution is 2.21. The summed E-state index contributed by atoms with van der Waals surface area (Å²) in [4.78, 5) is 0. The predicted molar refractivity (Wildman–Crippen MR) is 54.9 cm³/mol. The molecule has 0 aliphatic heterocycles. The topological polar surface area (TPSA) is 26.0 Å². The zero-order valence-corrected chi connectivity index (χ0v) is 8.48. The molecule has 0 aliphatic rings. The summed E-state index contributed by atoms with van der Waals surface area (Å²) in [6, 6.07) is 8.03. The Balaban J connectivity index is 2.86. The summed E-state index contributed by atoms with van der Waals surface area (Å²) in [6.07, 6.45) is 0. The molecule has 0 heterocycles. The smallest absolute Gasteiger partial charge is 0.0389 e. The Morgan fingerprint density at radius 1 is 1.55 bits per heavy atom. The second-order valence-corrected chi connectivity index (χ2v) is 3.85. The summed E-state index contributed by atoms with van der Waals surface area (Å²) >= 11 is 7.71. The van der Waals surface area contributed by atoms with Crippen LogP contribution in [0.3, 0.4) is 0 Å². The number of benzene rings is 1. The third-order valence-corrected chi connectivity index (χ3v) is 2.46. The van der Waals surface area contributed by atoms with E-state index in [1.807, 2.05) is 24.3 Å². The lowest BCUT2D eigenvalue weighted by molar-refractivity contribution is 0.948. The molecule has 0 amide bonds. The monoisotopic (exact) mass is 231 g/mol. The highest BCUT2D eigenvalue weighted by atomic mass is 79.9. The minimum Gasteiger partial charge on any atom is -0.329 e. The lowest BCUT2D eigenvalue weighted by Gasteiger charge is -2.07. The highest BCUT2D eigenvalue weighted by Gasteiger charge is 2.02. The summed E-state index contributed by atoms with van der Waals surface area (Å²) in [5.41, 5.74) is 6.62. The van der Waals surface area contributed by atoms with Gasteiger partial charge in [-0.15, -0.1) is 0 Å². The SMILES string of the molecule is NCC(S)c1cccc(Br)c1. The molecule has 1 unspecified atom stereocenters. The van der Waals surface area contributed by atoms with Gasteiger partial charge in [0.1, 0.15) is 0 Å². The average Bonchev–Trinajstić information content (AvgIpc) is 2.03. The lowest BCUT2D eigenvalue weighted by Crippen LogP contribution is -2.06. The van der Waals surface area contributed by atoms with Crippen molar-refractivity contribution < 1.29 is 0 Å². The van der Waals surface area contributed by atoms with Crippen molar-refractivity contribution in [2.24, 2.45) is 5.73 Å². The van der Waals surface area contributed by atoms with Gasteiger partial charge in [-0.25, -0.2) is 0 Å². The summed E-state index contributed by atoms with van der Waals surface area (Å²) in [6.45, 7) is 0.569. The summed E-state index contributed by atoms with van der Waals surface area (Å²) in [7, 11) is 0. The van der Waals surface area contributed by atoms with Crippen molar-refractivity contribution in [1.29, 1.82) is 0 Å². The molecule has 0 radical (unpaired) electrons. The van der Waals surface area contributed by atoms with Crippen LogP contribution in [0.5, 0.6) is 0 Å². The summed E-state index contributed by atoms with van der Waals surface area (Å²) < 4.78 is 1.07. The van der Waals surface area contributed by atoms with Crippen LogP contribution in [0.25, 0.3) is 0 Å². The van der Waals surface area contributed by atoms with Crippen molar-refractivity contribution in [3.8, 4) is 0 Å². The Kier molecular flexibility index (Phi) is 3.43. The molecular formula is C8H10BrNS. The highest BCUT2D eigenvalue weighted by molar-refractivity contribution is 9.10. The molecule has 2 N–H and O–H groups in total. The van der Waals surface area contributed by atoms with Gasteiger partial charge in [-0.1, -0.05) is 28.1 Å². The van der Waals surface area contributed by atoms with Gasteiger partial charge in [0.05, 0.1) is 0 Å². The summed E-state index contributed by atoms with van der Waals surface area (Å²) in [5.74, 6) is 0. The van der Waals surface area contributed by atoms with Gasteiger partial charge >= 0.3 is 0 Å². The number of nitrogens with two attached hydrogens (primary N) is 1. The molecule has 0 bridgehead atoms. The van der Waals surface area contributed by atoms with Crippen LogP contribution in [-0.4, -0.2) is 6.54 Å². The molecule has 3 heteroatoms. The van der Waals surface area contributed by atoms with E-state index in [1.165, 1.54) is 0 Å². The van der Waals surface area contributed by atoms with Crippen LogP contribution in [0.1, 0.15) is 10.8 Å². The molecule has 0 aromatic heterocycles. The van der Waals surface area contributed by atoms with Crippen LogP contribution in [0.15, 0.2) is 28.7 Å². The molecule has 1 aromatic carbocycles. The first kappa shape index (κ1) is 9.10. The van der Waals surface area contributed by atoms with E-state index in [-0.39, 0.29) is 5.25 Å². The fraction of sp³-hybridized carbons (Fsp3) is 0.250. The molecule has 0 saturated carbocycles. The van der Waals surface area contributed by atoms with Gasteiger partial charge in [0.2, 0.25) is 0 Å². The molecule has 1 atom stereocenters. The maximum atomic E-state index is 5.46. The quantitative estimate of drug-likeness (QED) is 0.752. The van der Waals surface area contributed by atoms with Crippen LogP contribution in [0.4, 0.5) is 0 Å². The first-order valence-electron chi connectivity index (χ1n) is 3.37. The van der Waals surface area contributed by atoms with Crippen molar-refractivity contribution in [1.82, 2.24) is 0 Å². The van der Waals surface area contributed by atoms with Crippen molar-refractivity contribution in [2.75, 3.05) is 6.54 Å². The third kappa shape index (κ3) is 2.51. The van der Waals surface area contributed by atoms with E-state index in [4.69, 9.17) is 5.73 Å². The van der Waals surface area contributed by atoms with E-state index in [0.717, 1.165) is 10.0 Å². The van der Waals surface area contributed by atoms with Gasteiger partial charge in [-0.3, -0.25) is 0 Å². The van der Waals surface area contributed by atoms with Crippen LogP contribution in [0, 0.1) is 0 Å². The third-order valence-electron chi connectivity index (χ3n) is 1.46. The van der Waals surface area contributed by atoms with E-state index >= 15 is 0 Å². The van der Waals surface area contributed by atoms with Crippen LogP contribution in [0.2, 0.25) is 0 Å². The van der Waals surface area contributed by atoms with Crippen molar-refractivity contribution in [2.45, 2.75) is 5.25 Å². The Hall–Kier alpha value is 0.01000. The standard InChI is InChI=1S/C8H10BrNS/c9-7-3-1-2-6(4-7)8(11)5-10/h1-4,8,11H,5,10H2. The fourth-order valence-electron chi connectivity index (χ4n) is 0.850. The lowest BCUT2D eigenvalue weighted by atomic mass is 10.1. The van der Waals surface area contributed by atoms with Gasteiger partial charge in [0.15, 0.2) is 0 Å². The van der Waals surface area contributed by atoms with Crippen LogP contribution in [-0.2, 0) is 0 Å². The second kappa shape index (κ2) is 4.14. The number of hydrogen-bond donors (Lipinski definition) is 2. The van der Waals surface area contributed by atoms with Crippen molar-refractivity contribution >= 4 is 28.6 Å². The van der Waals surface area contributed by atoms with Gasteiger partial charge in [-0.05, 0) is 17.7 Å². The molecular weight excluding hydrogens is 222 g/mol. The Morgan fingerprint density at radius 3 is 2.82 bits per heavy atom. The van der Waals surface area contributed by atoms with E-state index in [0.29, 0.717) is 6.54 Å². The first-order chi connectivity index (χ1) is 5.24. The van der Waals surface area contributed by atoms with Gasteiger partial charge in [0.25, 0.3) is 0 Å². The molecule has 0 spiro atoms. The normalized spacial score (nSPS) is 13.0. The zero-order valence-electron chi connectivity index (χ0n) is 6.00. The van der Waals surface area contributed by atoms with Gasteiger partial charge < -0.3 is 5.73 Å². The molecule has 0 saturated heterocycles. The van der Waals surface area contributed by atoms with E-state index in [2.05, 4.69) is 28.6 Å². The zero-order chi connectivity index (χ0) is 8.27. The largest absolute Gasteiger partial charge is 0.329 e. The minimum atomic E-state index is 0.146.